The van der Waals surface area contributed by atoms with Gasteiger partial charge in [0, 0.05) is 26.7 Å². The molecule has 16 heavy (non-hydrogen) atoms. The van der Waals surface area contributed by atoms with E-state index in [-0.39, 0.29) is 19.0 Å². The van der Waals surface area contributed by atoms with E-state index in [1.54, 1.807) is 18.0 Å². The van der Waals surface area contributed by atoms with Crippen LogP contribution in [0.25, 0.3) is 0 Å². The summed E-state index contributed by atoms with van der Waals surface area (Å²) in [5.74, 6) is -0.898. The summed E-state index contributed by atoms with van der Waals surface area (Å²) in [5.41, 5.74) is 0. The molecule has 0 aromatic rings. The van der Waals surface area contributed by atoms with Gasteiger partial charge in [0.1, 0.15) is 0 Å². The first kappa shape index (κ1) is 14.5. The van der Waals surface area contributed by atoms with Gasteiger partial charge < -0.3 is 14.9 Å². The lowest BCUT2D eigenvalue weighted by molar-refractivity contribution is -0.137. The van der Waals surface area contributed by atoms with Gasteiger partial charge in [-0.3, -0.25) is 4.79 Å². The lowest BCUT2D eigenvalue weighted by Crippen LogP contribution is -2.42. The van der Waals surface area contributed by atoms with Crippen LogP contribution in [0.1, 0.15) is 19.8 Å². The summed E-state index contributed by atoms with van der Waals surface area (Å²) in [5, 5.41) is 8.52. The number of carbonyl (C=O) groups excluding carboxylic acids is 1. The molecule has 2 amide bonds. The molecule has 0 heterocycles. The molecule has 0 aliphatic carbocycles. The third kappa shape index (κ3) is 5.38. The number of hydrogen-bond donors (Lipinski definition) is 1. The highest BCUT2D eigenvalue weighted by molar-refractivity contribution is 5.75. The first-order chi connectivity index (χ1) is 7.52. The van der Waals surface area contributed by atoms with Crippen molar-refractivity contribution >= 4 is 12.0 Å². The molecule has 0 fully saturated rings. The Morgan fingerprint density at radius 2 is 2.00 bits per heavy atom. The number of carboxylic acid groups (broad SMARTS) is 1. The summed E-state index contributed by atoms with van der Waals surface area (Å²) in [4.78, 5) is 25.3. The van der Waals surface area contributed by atoms with Gasteiger partial charge in [0.25, 0.3) is 0 Å². The van der Waals surface area contributed by atoms with E-state index in [1.807, 2.05) is 6.92 Å². The summed E-state index contributed by atoms with van der Waals surface area (Å²) in [6.45, 7) is 6.95. The molecule has 5 heteroatoms. The van der Waals surface area contributed by atoms with E-state index in [0.29, 0.717) is 13.1 Å². The highest BCUT2D eigenvalue weighted by Gasteiger charge is 2.16. The second-order valence-electron chi connectivity index (χ2n) is 3.58. The number of carbonyl (C=O) groups is 2. The lowest BCUT2D eigenvalue weighted by Gasteiger charge is -2.26. The van der Waals surface area contributed by atoms with Crippen molar-refractivity contribution in [1.82, 2.24) is 9.80 Å². The SMILES string of the molecule is C=CCN(CCC)C(=O)N(C)CCC(=O)O. The zero-order valence-corrected chi connectivity index (χ0v) is 9.98. The van der Waals surface area contributed by atoms with Crippen LogP contribution in [-0.2, 0) is 4.79 Å². The molecule has 0 radical (unpaired) electrons. The molecular formula is C11H20N2O3. The van der Waals surface area contributed by atoms with Gasteiger partial charge in [-0.1, -0.05) is 13.0 Å². The Bertz CT molecular complexity index is 254. The molecule has 0 spiro atoms. The fourth-order valence-corrected chi connectivity index (χ4v) is 1.29. The Hall–Kier alpha value is -1.52. The van der Waals surface area contributed by atoms with Crippen LogP contribution in [0.15, 0.2) is 12.7 Å². The molecule has 0 bridgehead atoms. The fraction of sp³-hybridized carbons (Fsp3) is 0.636. The number of urea groups is 1. The summed E-state index contributed by atoms with van der Waals surface area (Å²) in [6.07, 6.45) is 2.50. The third-order valence-electron chi connectivity index (χ3n) is 2.10. The second kappa shape index (κ2) is 7.73. The zero-order chi connectivity index (χ0) is 12.6. The average Bonchev–Trinajstić information content (AvgIpc) is 2.24. The predicted molar refractivity (Wildman–Crippen MR) is 62.3 cm³/mol. The number of rotatable bonds is 7. The van der Waals surface area contributed by atoms with Crippen LogP contribution >= 0.6 is 0 Å². The van der Waals surface area contributed by atoms with E-state index in [4.69, 9.17) is 5.11 Å². The van der Waals surface area contributed by atoms with E-state index in [2.05, 4.69) is 6.58 Å². The van der Waals surface area contributed by atoms with Gasteiger partial charge in [-0.15, -0.1) is 6.58 Å². The van der Waals surface area contributed by atoms with E-state index in [0.717, 1.165) is 6.42 Å². The molecule has 0 atom stereocenters. The van der Waals surface area contributed by atoms with Crippen LogP contribution in [0.3, 0.4) is 0 Å². The molecule has 0 aliphatic heterocycles. The average molecular weight is 228 g/mol. The first-order valence-corrected chi connectivity index (χ1v) is 5.35. The second-order valence-corrected chi connectivity index (χ2v) is 3.58. The number of aliphatic carboxylic acids is 1. The number of amides is 2. The van der Waals surface area contributed by atoms with Gasteiger partial charge in [0.15, 0.2) is 0 Å². The molecular weight excluding hydrogens is 208 g/mol. The third-order valence-corrected chi connectivity index (χ3v) is 2.10. The molecule has 0 saturated heterocycles. The van der Waals surface area contributed by atoms with Gasteiger partial charge in [0.05, 0.1) is 6.42 Å². The maximum Gasteiger partial charge on any atom is 0.320 e. The normalized spacial score (nSPS) is 9.62. The monoisotopic (exact) mass is 228 g/mol. The van der Waals surface area contributed by atoms with Crippen molar-refractivity contribution < 1.29 is 14.7 Å². The Balaban J connectivity index is 4.23. The van der Waals surface area contributed by atoms with Gasteiger partial charge in [0.2, 0.25) is 0 Å². The molecule has 92 valence electrons. The largest absolute Gasteiger partial charge is 0.481 e. The predicted octanol–water partition coefficient (Wildman–Crippen LogP) is 1.41. The van der Waals surface area contributed by atoms with Crippen molar-refractivity contribution in [2.24, 2.45) is 0 Å². The Morgan fingerprint density at radius 3 is 2.44 bits per heavy atom. The molecule has 1 N–H and O–H groups in total. The van der Waals surface area contributed by atoms with E-state index >= 15 is 0 Å². The molecule has 0 rings (SSSR count). The minimum atomic E-state index is -0.898. The highest BCUT2D eigenvalue weighted by Crippen LogP contribution is 2.00. The molecule has 0 aliphatic rings. The lowest BCUT2D eigenvalue weighted by atomic mass is 10.4. The topological polar surface area (TPSA) is 60.9 Å². The number of carboxylic acids is 1. The van der Waals surface area contributed by atoms with Crippen LogP contribution in [0, 0.1) is 0 Å². The number of hydrogen-bond acceptors (Lipinski definition) is 2. The van der Waals surface area contributed by atoms with Gasteiger partial charge >= 0.3 is 12.0 Å². The van der Waals surface area contributed by atoms with Gasteiger partial charge in [-0.25, -0.2) is 4.79 Å². The minimum Gasteiger partial charge on any atom is -0.481 e. The van der Waals surface area contributed by atoms with Gasteiger partial charge in [-0.2, -0.15) is 0 Å². The van der Waals surface area contributed by atoms with Gasteiger partial charge in [-0.05, 0) is 6.42 Å². The number of nitrogens with zero attached hydrogens (tertiary/aromatic N) is 2. The van der Waals surface area contributed by atoms with Crippen LogP contribution in [0.5, 0.6) is 0 Å². The van der Waals surface area contributed by atoms with Crippen molar-refractivity contribution in [2.75, 3.05) is 26.7 Å². The van der Waals surface area contributed by atoms with E-state index < -0.39 is 5.97 Å². The van der Waals surface area contributed by atoms with Crippen molar-refractivity contribution in [3.63, 3.8) is 0 Å². The summed E-state index contributed by atoms with van der Waals surface area (Å²) < 4.78 is 0. The highest BCUT2D eigenvalue weighted by atomic mass is 16.4. The standard InChI is InChI=1S/C11H20N2O3/c1-4-7-13(8-5-2)11(16)12(3)9-6-10(14)15/h4H,1,5-9H2,2-3H3,(H,14,15). The summed E-state index contributed by atoms with van der Waals surface area (Å²) in [6, 6.07) is -0.150. The Morgan fingerprint density at radius 1 is 1.38 bits per heavy atom. The summed E-state index contributed by atoms with van der Waals surface area (Å²) >= 11 is 0. The molecule has 5 nitrogen and oxygen atoms in total. The van der Waals surface area contributed by atoms with Crippen LogP contribution in [0.2, 0.25) is 0 Å². The fourth-order valence-electron chi connectivity index (χ4n) is 1.29. The van der Waals surface area contributed by atoms with Crippen molar-refractivity contribution in [3.05, 3.63) is 12.7 Å². The molecule has 0 unspecified atom stereocenters. The quantitative estimate of drug-likeness (QED) is 0.670. The molecule has 0 saturated carbocycles. The van der Waals surface area contributed by atoms with Crippen molar-refractivity contribution in [3.8, 4) is 0 Å². The minimum absolute atomic E-state index is 0.0315. The molecule has 0 aromatic heterocycles. The van der Waals surface area contributed by atoms with Crippen molar-refractivity contribution in [1.29, 1.82) is 0 Å². The zero-order valence-electron chi connectivity index (χ0n) is 9.98. The van der Waals surface area contributed by atoms with Crippen LogP contribution < -0.4 is 0 Å². The van der Waals surface area contributed by atoms with E-state index in [1.165, 1.54) is 4.90 Å². The maximum absolute atomic E-state index is 11.8. The van der Waals surface area contributed by atoms with Crippen LogP contribution in [-0.4, -0.2) is 53.6 Å². The first-order valence-electron chi connectivity index (χ1n) is 5.35. The Kier molecular flexibility index (Phi) is 7.00. The molecule has 0 aromatic carbocycles. The summed E-state index contributed by atoms with van der Waals surface area (Å²) in [7, 11) is 1.61. The van der Waals surface area contributed by atoms with E-state index in [9.17, 15) is 9.59 Å². The Labute approximate surface area is 96.3 Å². The smallest absolute Gasteiger partial charge is 0.320 e. The van der Waals surface area contributed by atoms with Crippen LogP contribution in [0.4, 0.5) is 4.79 Å². The van der Waals surface area contributed by atoms with Crippen molar-refractivity contribution in [2.45, 2.75) is 19.8 Å². The maximum atomic E-state index is 11.8.